The van der Waals surface area contributed by atoms with Crippen LogP contribution in [0.3, 0.4) is 0 Å². The molecule has 2 unspecified atom stereocenters. The van der Waals surface area contributed by atoms with Crippen molar-refractivity contribution in [2.24, 2.45) is 5.92 Å². The van der Waals surface area contributed by atoms with Crippen LogP contribution in [-0.4, -0.2) is 27.8 Å². The Hall–Kier alpha value is -2.77. The van der Waals surface area contributed by atoms with Crippen LogP contribution in [0.25, 0.3) is 11.3 Å². The van der Waals surface area contributed by atoms with Crippen LogP contribution in [0.2, 0.25) is 5.02 Å². The first-order valence-corrected chi connectivity index (χ1v) is 10.8. The largest absolute Gasteiger partial charge is 0.345 e. The van der Waals surface area contributed by atoms with Gasteiger partial charge in [0.05, 0.1) is 11.7 Å². The molecule has 0 spiro atoms. The molecule has 0 aliphatic carbocycles. The van der Waals surface area contributed by atoms with E-state index >= 15 is 0 Å². The third-order valence-corrected chi connectivity index (χ3v) is 5.83. The lowest BCUT2D eigenvalue weighted by molar-refractivity contribution is -0.124. The summed E-state index contributed by atoms with van der Waals surface area (Å²) in [5.41, 5.74) is 2.20. The zero-order valence-corrected chi connectivity index (χ0v) is 18.5. The lowest BCUT2D eigenvalue weighted by Gasteiger charge is -2.23. The highest BCUT2D eigenvalue weighted by atomic mass is 35.5. The second-order valence-electron chi connectivity index (χ2n) is 7.25. The van der Waals surface area contributed by atoms with Gasteiger partial charge in [-0.15, -0.1) is 11.3 Å². The molecule has 2 N–H and O–H groups in total. The number of hydrogen-bond acceptors (Lipinski definition) is 5. The van der Waals surface area contributed by atoms with Crippen LogP contribution >= 0.6 is 22.9 Å². The van der Waals surface area contributed by atoms with E-state index in [1.54, 1.807) is 36.7 Å². The Morgan fingerprint density at radius 3 is 2.43 bits per heavy atom. The van der Waals surface area contributed by atoms with Crippen molar-refractivity contribution in [1.29, 1.82) is 0 Å². The molecule has 6 nitrogen and oxygen atoms in total. The Morgan fingerprint density at radius 1 is 1.07 bits per heavy atom. The Kier molecular flexibility index (Phi) is 7.18. The van der Waals surface area contributed by atoms with Crippen molar-refractivity contribution < 1.29 is 9.59 Å². The number of hydrogen-bond donors (Lipinski definition) is 2. The van der Waals surface area contributed by atoms with Crippen molar-refractivity contribution in [3.05, 3.63) is 69.8 Å². The smallest absolute Gasteiger partial charge is 0.251 e. The molecule has 0 aliphatic heterocycles. The molecule has 0 bridgehead atoms. The third-order valence-electron chi connectivity index (χ3n) is 4.55. The molecule has 2 atom stereocenters. The van der Waals surface area contributed by atoms with Gasteiger partial charge < -0.3 is 10.6 Å². The summed E-state index contributed by atoms with van der Waals surface area (Å²) in [6.07, 6.45) is 3.47. The number of amides is 2. The molecule has 0 aliphatic rings. The molecule has 0 saturated carbocycles. The van der Waals surface area contributed by atoms with Gasteiger partial charge in [0.1, 0.15) is 11.0 Å². The van der Waals surface area contributed by atoms with Crippen molar-refractivity contribution in [2.75, 3.05) is 0 Å². The van der Waals surface area contributed by atoms with Gasteiger partial charge in [-0.1, -0.05) is 25.4 Å². The van der Waals surface area contributed by atoms with E-state index in [2.05, 4.69) is 20.6 Å². The quantitative estimate of drug-likeness (QED) is 0.564. The number of carbonyl (C=O) groups is 2. The van der Waals surface area contributed by atoms with Gasteiger partial charge in [0, 0.05) is 33.9 Å². The summed E-state index contributed by atoms with van der Waals surface area (Å²) in [5.74, 6) is -0.657. The molecule has 0 saturated heterocycles. The van der Waals surface area contributed by atoms with Gasteiger partial charge in [0.25, 0.3) is 5.91 Å². The van der Waals surface area contributed by atoms with Crippen molar-refractivity contribution in [3.8, 4) is 11.3 Å². The zero-order chi connectivity index (χ0) is 21.7. The lowest BCUT2D eigenvalue weighted by atomic mass is 10.0. The van der Waals surface area contributed by atoms with Gasteiger partial charge in [-0.25, -0.2) is 4.98 Å². The van der Waals surface area contributed by atoms with Gasteiger partial charge in [0.2, 0.25) is 5.91 Å². The number of pyridine rings is 1. The normalized spacial score (nSPS) is 13.0. The average molecular weight is 443 g/mol. The first-order valence-electron chi connectivity index (χ1n) is 9.57. The van der Waals surface area contributed by atoms with E-state index in [0.29, 0.717) is 10.6 Å². The predicted molar refractivity (Wildman–Crippen MR) is 119 cm³/mol. The van der Waals surface area contributed by atoms with Gasteiger partial charge in [-0.05, 0) is 49.2 Å². The van der Waals surface area contributed by atoms with Crippen molar-refractivity contribution >= 4 is 34.8 Å². The van der Waals surface area contributed by atoms with E-state index in [9.17, 15) is 9.59 Å². The van der Waals surface area contributed by atoms with Crippen molar-refractivity contribution in [1.82, 2.24) is 20.6 Å². The average Bonchev–Trinajstić information content (AvgIpc) is 3.23. The fraction of sp³-hybridized carbons (Fsp3) is 0.273. The third kappa shape index (κ3) is 5.43. The van der Waals surface area contributed by atoms with Crippen LogP contribution in [-0.2, 0) is 4.79 Å². The number of nitrogens with zero attached hydrogens (tertiary/aromatic N) is 2. The number of halogens is 1. The monoisotopic (exact) mass is 442 g/mol. The van der Waals surface area contributed by atoms with E-state index in [0.717, 1.165) is 16.3 Å². The van der Waals surface area contributed by atoms with Gasteiger partial charge in [0.15, 0.2) is 0 Å². The van der Waals surface area contributed by atoms with E-state index in [1.807, 2.05) is 38.3 Å². The molecule has 8 heteroatoms. The molecule has 1 aromatic carbocycles. The molecule has 30 heavy (non-hydrogen) atoms. The summed E-state index contributed by atoms with van der Waals surface area (Å²) in [5, 5.41) is 9.06. The Labute approximate surface area is 184 Å². The Bertz CT molecular complexity index is 1010. The second kappa shape index (κ2) is 9.82. The first-order chi connectivity index (χ1) is 14.3. The molecule has 2 aromatic heterocycles. The van der Waals surface area contributed by atoms with Gasteiger partial charge in [-0.3, -0.25) is 14.6 Å². The topological polar surface area (TPSA) is 84.0 Å². The molecule has 3 rings (SSSR count). The fourth-order valence-electron chi connectivity index (χ4n) is 2.86. The maximum absolute atomic E-state index is 12.9. The summed E-state index contributed by atoms with van der Waals surface area (Å²) in [6, 6.07) is 9.38. The van der Waals surface area contributed by atoms with E-state index < -0.39 is 6.04 Å². The fourth-order valence-corrected chi connectivity index (χ4v) is 3.82. The van der Waals surface area contributed by atoms with Crippen LogP contribution in [0.5, 0.6) is 0 Å². The molecular formula is C22H23ClN4O2S. The highest BCUT2D eigenvalue weighted by Gasteiger charge is 2.26. The molecule has 2 amide bonds. The number of carbonyl (C=O) groups excluding carboxylic acids is 2. The summed E-state index contributed by atoms with van der Waals surface area (Å²) >= 11 is 7.35. The summed E-state index contributed by atoms with van der Waals surface area (Å²) in [6.45, 7) is 5.66. The summed E-state index contributed by atoms with van der Waals surface area (Å²) in [4.78, 5) is 34.2. The van der Waals surface area contributed by atoms with Crippen molar-refractivity contribution in [3.63, 3.8) is 0 Å². The molecular weight excluding hydrogens is 420 g/mol. The maximum atomic E-state index is 12.9. The predicted octanol–water partition coefficient (Wildman–Crippen LogP) is 4.49. The summed E-state index contributed by atoms with van der Waals surface area (Å²) in [7, 11) is 0. The van der Waals surface area contributed by atoms with Crippen LogP contribution < -0.4 is 10.6 Å². The summed E-state index contributed by atoms with van der Waals surface area (Å²) < 4.78 is 0. The number of nitrogens with one attached hydrogen (secondary N) is 2. The number of benzene rings is 1. The number of thiazole rings is 1. The molecule has 2 heterocycles. The van der Waals surface area contributed by atoms with Crippen LogP contribution in [0.4, 0.5) is 0 Å². The molecule has 0 radical (unpaired) electrons. The minimum Gasteiger partial charge on any atom is -0.345 e. The van der Waals surface area contributed by atoms with Crippen LogP contribution in [0.15, 0.2) is 54.2 Å². The maximum Gasteiger partial charge on any atom is 0.251 e. The SMILES string of the molecule is CC(NC(=O)C(NC(=O)c1ccc(Cl)cc1)C(C)C)c1nc(-c2cccnc2)cs1. The minimum absolute atomic E-state index is 0.0873. The molecule has 0 fully saturated rings. The Morgan fingerprint density at radius 2 is 1.80 bits per heavy atom. The van der Waals surface area contributed by atoms with Gasteiger partial charge in [-0.2, -0.15) is 0 Å². The van der Waals surface area contributed by atoms with Crippen LogP contribution in [0, 0.1) is 5.92 Å². The van der Waals surface area contributed by atoms with Crippen LogP contribution in [0.1, 0.15) is 42.2 Å². The van der Waals surface area contributed by atoms with E-state index in [-0.39, 0.29) is 23.8 Å². The highest BCUT2D eigenvalue weighted by molar-refractivity contribution is 7.10. The van der Waals surface area contributed by atoms with Crippen molar-refractivity contribution in [2.45, 2.75) is 32.9 Å². The first kappa shape index (κ1) is 21.9. The molecule has 3 aromatic rings. The second-order valence-corrected chi connectivity index (χ2v) is 8.57. The standard InChI is InChI=1S/C22H23ClN4O2S/c1-13(2)19(27-20(28)15-6-8-17(23)9-7-15)21(29)25-14(3)22-26-18(12-30-22)16-5-4-10-24-11-16/h4-14,19H,1-3H3,(H,25,29)(H,27,28). The Balaban J connectivity index is 1.66. The number of aromatic nitrogens is 2. The zero-order valence-electron chi connectivity index (χ0n) is 16.9. The highest BCUT2D eigenvalue weighted by Crippen LogP contribution is 2.25. The van der Waals surface area contributed by atoms with E-state index in [4.69, 9.17) is 11.6 Å². The van der Waals surface area contributed by atoms with E-state index in [1.165, 1.54) is 11.3 Å². The van der Waals surface area contributed by atoms with Gasteiger partial charge >= 0.3 is 0 Å². The molecule has 156 valence electrons. The lowest BCUT2D eigenvalue weighted by Crippen LogP contribution is -2.50. The minimum atomic E-state index is -0.673. The number of rotatable bonds is 7.